The first-order valence-corrected chi connectivity index (χ1v) is 12.3. The molecule has 2 aromatic rings. The summed E-state index contributed by atoms with van der Waals surface area (Å²) in [4.78, 5) is 6.23. The van der Waals surface area contributed by atoms with Crippen molar-refractivity contribution < 1.29 is 18.1 Å². The lowest BCUT2D eigenvalue weighted by Gasteiger charge is -2.28. The summed E-state index contributed by atoms with van der Waals surface area (Å²) >= 11 is 0. The predicted molar refractivity (Wildman–Crippen MR) is 135 cm³/mol. The molecule has 0 bridgehead atoms. The summed E-state index contributed by atoms with van der Waals surface area (Å²) in [5.74, 6) is 0.351. The number of rotatable bonds is 9. The minimum absolute atomic E-state index is 0.0225. The van der Waals surface area contributed by atoms with E-state index in [2.05, 4.69) is 15.0 Å². The van der Waals surface area contributed by atoms with Crippen molar-refractivity contribution in [3.8, 4) is 16.9 Å². The van der Waals surface area contributed by atoms with E-state index in [1.807, 2.05) is 11.8 Å². The second-order valence-corrected chi connectivity index (χ2v) is 8.94. The van der Waals surface area contributed by atoms with Gasteiger partial charge in [-0.05, 0) is 30.2 Å². The van der Waals surface area contributed by atoms with Gasteiger partial charge in [-0.25, -0.2) is 13.6 Å². The van der Waals surface area contributed by atoms with Crippen molar-refractivity contribution in [1.29, 1.82) is 5.41 Å². The molecule has 0 amide bonds. The van der Waals surface area contributed by atoms with Crippen LogP contribution < -0.4 is 20.5 Å². The molecule has 1 aliphatic heterocycles. The average molecular weight is 491 g/mol. The van der Waals surface area contributed by atoms with E-state index in [1.54, 1.807) is 31.5 Å². The zero-order chi connectivity index (χ0) is 24.7. The summed E-state index contributed by atoms with van der Waals surface area (Å²) in [6.45, 7) is 4.38. The number of nitrogens with zero attached hydrogens (tertiary/aromatic N) is 2. The SMILES string of the molecule is CCCS(=O)Nc1cc(-c2cc(/C(=C/C(=N)N3CCOCC3)NC)cnc2N)cc(F)c1OC. The Bertz CT molecular complexity index is 1090. The van der Waals surface area contributed by atoms with Crippen LogP contribution in [0.4, 0.5) is 15.9 Å². The molecule has 11 heteroatoms. The maximum atomic E-state index is 14.9. The lowest BCUT2D eigenvalue weighted by molar-refractivity contribution is 0.0681. The molecule has 3 rings (SSSR count). The van der Waals surface area contributed by atoms with Crippen LogP contribution in [0.15, 0.2) is 30.5 Å². The van der Waals surface area contributed by atoms with Crippen LogP contribution in [-0.4, -0.2) is 66.1 Å². The number of hydrogen-bond donors (Lipinski definition) is 4. The molecule has 1 unspecified atom stereocenters. The number of halogens is 1. The molecule has 1 aliphatic rings. The summed E-state index contributed by atoms with van der Waals surface area (Å²) in [6.07, 6.45) is 4.03. The molecule has 0 aliphatic carbocycles. The van der Waals surface area contributed by atoms with Crippen LogP contribution in [0.1, 0.15) is 18.9 Å². The number of morpholine rings is 1. The lowest BCUT2D eigenvalue weighted by Crippen LogP contribution is -2.39. The molecule has 2 heterocycles. The van der Waals surface area contributed by atoms with Crippen molar-refractivity contribution >= 4 is 34.0 Å². The van der Waals surface area contributed by atoms with Gasteiger partial charge in [0, 0.05) is 55.0 Å². The Kier molecular flexibility index (Phi) is 8.83. The van der Waals surface area contributed by atoms with Gasteiger partial charge in [0.15, 0.2) is 11.6 Å². The fourth-order valence-electron chi connectivity index (χ4n) is 3.58. The van der Waals surface area contributed by atoms with E-state index in [0.717, 1.165) is 0 Å². The quantitative estimate of drug-likeness (QED) is 0.315. The van der Waals surface area contributed by atoms with Gasteiger partial charge in [0.2, 0.25) is 0 Å². The molecular weight excluding hydrogens is 459 g/mol. The third-order valence-electron chi connectivity index (χ3n) is 5.30. The molecule has 0 radical (unpaired) electrons. The Balaban J connectivity index is 1.99. The smallest absolute Gasteiger partial charge is 0.178 e. The topological polar surface area (TPSA) is 126 Å². The van der Waals surface area contributed by atoms with Crippen molar-refractivity contribution in [2.75, 3.05) is 56.7 Å². The fraction of sp³-hybridized carbons (Fsp3) is 0.391. The van der Waals surface area contributed by atoms with Gasteiger partial charge in [0.05, 0.1) is 26.0 Å². The van der Waals surface area contributed by atoms with E-state index < -0.39 is 16.8 Å². The number of methoxy groups -OCH3 is 1. The van der Waals surface area contributed by atoms with Crippen LogP contribution in [0.5, 0.6) is 5.75 Å². The van der Waals surface area contributed by atoms with Gasteiger partial charge < -0.3 is 30.1 Å². The van der Waals surface area contributed by atoms with Crippen LogP contribution in [0.3, 0.4) is 0 Å². The van der Waals surface area contributed by atoms with Gasteiger partial charge >= 0.3 is 0 Å². The summed E-state index contributed by atoms with van der Waals surface area (Å²) in [6, 6.07) is 4.74. The number of hydrogen-bond acceptors (Lipinski definition) is 7. The number of nitrogens with two attached hydrogens (primary N) is 1. The molecule has 1 fully saturated rings. The average Bonchev–Trinajstić information content (AvgIpc) is 2.83. The van der Waals surface area contributed by atoms with Crippen LogP contribution >= 0.6 is 0 Å². The predicted octanol–water partition coefficient (Wildman–Crippen LogP) is 2.83. The second kappa shape index (κ2) is 11.8. The van der Waals surface area contributed by atoms with Crippen molar-refractivity contribution in [2.24, 2.45) is 0 Å². The van der Waals surface area contributed by atoms with Crippen LogP contribution in [-0.2, 0) is 15.7 Å². The summed E-state index contributed by atoms with van der Waals surface area (Å²) in [7, 11) is 1.73. The highest BCUT2D eigenvalue weighted by atomic mass is 32.2. The van der Waals surface area contributed by atoms with Gasteiger partial charge in [0.25, 0.3) is 0 Å². The first-order valence-electron chi connectivity index (χ1n) is 11.0. The molecule has 184 valence electrons. The van der Waals surface area contributed by atoms with E-state index in [-0.39, 0.29) is 17.3 Å². The zero-order valence-electron chi connectivity index (χ0n) is 19.6. The number of anilines is 2. The highest BCUT2D eigenvalue weighted by Crippen LogP contribution is 2.36. The Labute approximate surface area is 201 Å². The number of pyridine rings is 1. The van der Waals surface area contributed by atoms with Gasteiger partial charge in [-0.1, -0.05) is 6.92 Å². The number of ether oxygens (including phenoxy) is 2. The lowest BCUT2D eigenvalue weighted by atomic mass is 10.0. The molecule has 1 aromatic carbocycles. The first-order chi connectivity index (χ1) is 16.4. The van der Waals surface area contributed by atoms with Gasteiger partial charge in [-0.3, -0.25) is 5.41 Å². The molecule has 9 nitrogen and oxygen atoms in total. The number of aromatic nitrogens is 1. The standard InChI is InChI=1S/C23H31FN6O3S/c1-4-9-34(31)29-20-12-15(11-18(24)22(20)32-3)17-10-16(14-28-23(17)26)19(27-2)13-21(25)30-5-7-33-8-6-30/h10-14,25,27,29H,4-9H2,1-3H3,(H2,26,28)/b19-13-,25-21?. The zero-order valence-corrected chi connectivity index (χ0v) is 20.4. The minimum atomic E-state index is -1.38. The molecule has 1 aromatic heterocycles. The molecule has 0 saturated carbocycles. The number of amidine groups is 1. The Hall–Kier alpha value is -3.18. The van der Waals surface area contributed by atoms with Crippen LogP contribution in [0.2, 0.25) is 0 Å². The Morgan fingerprint density at radius 3 is 2.76 bits per heavy atom. The third kappa shape index (κ3) is 6.03. The van der Waals surface area contributed by atoms with E-state index in [9.17, 15) is 8.60 Å². The Morgan fingerprint density at radius 2 is 2.12 bits per heavy atom. The van der Waals surface area contributed by atoms with Crippen molar-refractivity contribution in [3.05, 3.63) is 41.9 Å². The molecule has 1 saturated heterocycles. The molecule has 34 heavy (non-hydrogen) atoms. The number of benzene rings is 1. The number of nitrogen functional groups attached to an aromatic ring is 1. The maximum Gasteiger partial charge on any atom is 0.178 e. The van der Waals surface area contributed by atoms with E-state index in [4.69, 9.17) is 20.6 Å². The van der Waals surface area contributed by atoms with Crippen molar-refractivity contribution in [3.63, 3.8) is 0 Å². The fourth-order valence-corrected chi connectivity index (χ4v) is 4.45. The van der Waals surface area contributed by atoms with Gasteiger partial charge in [-0.2, -0.15) is 0 Å². The number of nitrogens with one attached hydrogen (secondary N) is 3. The van der Waals surface area contributed by atoms with E-state index in [0.29, 0.717) is 66.7 Å². The highest BCUT2D eigenvalue weighted by Gasteiger charge is 2.18. The van der Waals surface area contributed by atoms with Crippen molar-refractivity contribution in [2.45, 2.75) is 13.3 Å². The van der Waals surface area contributed by atoms with Crippen molar-refractivity contribution in [1.82, 2.24) is 15.2 Å². The third-order valence-corrected chi connectivity index (χ3v) is 6.53. The normalized spacial score (nSPS) is 15.1. The second-order valence-electron chi connectivity index (χ2n) is 7.64. The highest BCUT2D eigenvalue weighted by molar-refractivity contribution is 7.86. The Morgan fingerprint density at radius 1 is 1.38 bits per heavy atom. The van der Waals surface area contributed by atoms with Gasteiger partial charge in [-0.15, -0.1) is 0 Å². The minimum Gasteiger partial charge on any atom is -0.492 e. The maximum absolute atomic E-state index is 14.9. The molecule has 1 atom stereocenters. The molecule has 5 N–H and O–H groups in total. The molecule has 0 spiro atoms. The summed E-state index contributed by atoms with van der Waals surface area (Å²) < 4.78 is 40.5. The largest absolute Gasteiger partial charge is 0.492 e. The molecular formula is C23H31FN6O3S. The van der Waals surface area contributed by atoms with E-state index >= 15 is 0 Å². The van der Waals surface area contributed by atoms with Crippen LogP contribution in [0.25, 0.3) is 16.8 Å². The first kappa shape index (κ1) is 25.4. The van der Waals surface area contributed by atoms with Crippen LogP contribution in [0, 0.1) is 11.2 Å². The monoisotopic (exact) mass is 490 g/mol. The van der Waals surface area contributed by atoms with Gasteiger partial charge in [0.1, 0.15) is 22.6 Å². The summed E-state index contributed by atoms with van der Waals surface area (Å²) in [5.41, 5.74) is 8.74. The van der Waals surface area contributed by atoms with E-state index in [1.165, 1.54) is 13.2 Å². The summed E-state index contributed by atoms with van der Waals surface area (Å²) in [5, 5.41) is 11.5.